The first kappa shape index (κ1) is 11.6. The highest BCUT2D eigenvalue weighted by Crippen LogP contribution is 2.25. The number of hydrogen-bond donors (Lipinski definition) is 1. The summed E-state index contributed by atoms with van der Waals surface area (Å²) in [5.74, 6) is 1.75. The molecule has 0 saturated heterocycles. The van der Waals surface area contributed by atoms with Crippen LogP contribution in [0.5, 0.6) is 0 Å². The van der Waals surface area contributed by atoms with E-state index in [0.717, 1.165) is 37.8 Å². The highest BCUT2D eigenvalue weighted by atomic mass is 15.3. The second kappa shape index (κ2) is 5.99. The predicted molar refractivity (Wildman–Crippen MR) is 64.0 cm³/mol. The number of rotatable bonds is 6. The van der Waals surface area contributed by atoms with Crippen molar-refractivity contribution in [3.8, 4) is 0 Å². The van der Waals surface area contributed by atoms with Gasteiger partial charge in [-0.25, -0.2) is 4.98 Å². The van der Waals surface area contributed by atoms with E-state index in [1.54, 1.807) is 0 Å². The van der Waals surface area contributed by atoms with Crippen molar-refractivity contribution in [1.29, 1.82) is 0 Å². The lowest BCUT2D eigenvalue weighted by atomic mass is 10.1. The van der Waals surface area contributed by atoms with E-state index >= 15 is 0 Å². The minimum atomic E-state index is 0.797. The van der Waals surface area contributed by atoms with E-state index in [0.29, 0.717) is 0 Å². The molecule has 1 aliphatic carbocycles. The van der Waals surface area contributed by atoms with Crippen molar-refractivity contribution in [1.82, 2.24) is 20.1 Å². The van der Waals surface area contributed by atoms with Crippen LogP contribution in [0.25, 0.3) is 0 Å². The first-order valence-corrected chi connectivity index (χ1v) is 6.47. The van der Waals surface area contributed by atoms with Crippen molar-refractivity contribution in [2.45, 2.75) is 52.1 Å². The monoisotopic (exact) mass is 222 g/mol. The lowest BCUT2D eigenvalue weighted by Gasteiger charge is -2.07. The SMILES string of the molecule is CCCNCc1ncn(CC2CCCC2)n1. The summed E-state index contributed by atoms with van der Waals surface area (Å²) in [6.45, 7) is 5.06. The maximum atomic E-state index is 4.49. The molecule has 0 unspecified atom stereocenters. The zero-order chi connectivity index (χ0) is 11.2. The van der Waals surface area contributed by atoms with E-state index < -0.39 is 0 Å². The molecule has 1 N–H and O–H groups in total. The Kier molecular flexibility index (Phi) is 4.34. The van der Waals surface area contributed by atoms with Gasteiger partial charge in [-0.3, -0.25) is 4.68 Å². The molecule has 0 bridgehead atoms. The van der Waals surface area contributed by atoms with Gasteiger partial charge in [-0.05, 0) is 31.7 Å². The van der Waals surface area contributed by atoms with Crippen molar-refractivity contribution in [2.75, 3.05) is 6.54 Å². The summed E-state index contributed by atoms with van der Waals surface area (Å²) in [5.41, 5.74) is 0. The van der Waals surface area contributed by atoms with Gasteiger partial charge in [0, 0.05) is 6.54 Å². The molecule has 1 aliphatic rings. The van der Waals surface area contributed by atoms with Crippen LogP contribution in [0, 0.1) is 5.92 Å². The number of nitrogens with zero attached hydrogens (tertiary/aromatic N) is 3. The average Bonchev–Trinajstić information content (AvgIpc) is 2.91. The molecule has 1 aromatic heterocycles. The molecule has 0 radical (unpaired) electrons. The van der Waals surface area contributed by atoms with Gasteiger partial charge >= 0.3 is 0 Å². The van der Waals surface area contributed by atoms with Crippen LogP contribution in [0.3, 0.4) is 0 Å². The summed E-state index contributed by atoms with van der Waals surface area (Å²) >= 11 is 0. The van der Waals surface area contributed by atoms with Crippen LogP contribution in [0.4, 0.5) is 0 Å². The number of hydrogen-bond acceptors (Lipinski definition) is 3. The highest BCUT2D eigenvalue weighted by molar-refractivity contribution is 4.81. The van der Waals surface area contributed by atoms with E-state index in [-0.39, 0.29) is 0 Å². The van der Waals surface area contributed by atoms with E-state index in [1.165, 1.54) is 25.7 Å². The van der Waals surface area contributed by atoms with E-state index in [9.17, 15) is 0 Å². The third kappa shape index (κ3) is 3.30. The maximum Gasteiger partial charge on any atom is 0.164 e. The van der Waals surface area contributed by atoms with Crippen molar-refractivity contribution < 1.29 is 0 Å². The third-order valence-electron chi connectivity index (χ3n) is 3.21. The molecular formula is C12H22N4. The smallest absolute Gasteiger partial charge is 0.164 e. The van der Waals surface area contributed by atoms with E-state index in [4.69, 9.17) is 0 Å². The van der Waals surface area contributed by atoms with Crippen LogP contribution < -0.4 is 5.32 Å². The molecule has 1 saturated carbocycles. The Balaban J connectivity index is 1.77. The minimum absolute atomic E-state index is 0.797. The number of aromatic nitrogens is 3. The maximum absolute atomic E-state index is 4.49. The predicted octanol–water partition coefficient (Wildman–Crippen LogP) is 1.97. The highest BCUT2D eigenvalue weighted by Gasteiger charge is 2.15. The van der Waals surface area contributed by atoms with Gasteiger partial charge in [-0.15, -0.1) is 0 Å². The van der Waals surface area contributed by atoms with Crippen LogP contribution in [-0.2, 0) is 13.1 Å². The van der Waals surface area contributed by atoms with Gasteiger partial charge < -0.3 is 5.32 Å². The molecule has 4 nitrogen and oxygen atoms in total. The Morgan fingerprint density at radius 1 is 1.44 bits per heavy atom. The summed E-state index contributed by atoms with van der Waals surface area (Å²) < 4.78 is 2.01. The number of nitrogens with one attached hydrogen (secondary N) is 1. The molecule has 16 heavy (non-hydrogen) atoms. The summed E-state index contributed by atoms with van der Waals surface area (Å²) in [6, 6.07) is 0. The zero-order valence-electron chi connectivity index (χ0n) is 10.2. The van der Waals surface area contributed by atoms with Gasteiger partial charge in [0.25, 0.3) is 0 Å². The van der Waals surface area contributed by atoms with Gasteiger partial charge in [-0.1, -0.05) is 19.8 Å². The van der Waals surface area contributed by atoms with Gasteiger partial charge in [0.05, 0.1) is 6.54 Å². The average molecular weight is 222 g/mol. The lowest BCUT2D eigenvalue weighted by molar-refractivity contribution is 0.425. The molecule has 0 amide bonds. The summed E-state index contributed by atoms with van der Waals surface area (Å²) in [7, 11) is 0. The molecule has 1 heterocycles. The summed E-state index contributed by atoms with van der Waals surface area (Å²) in [6.07, 6.45) is 8.55. The lowest BCUT2D eigenvalue weighted by Crippen LogP contribution is -2.15. The topological polar surface area (TPSA) is 42.7 Å². The quantitative estimate of drug-likeness (QED) is 0.748. The molecule has 0 atom stereocenters. The van der Waals surface area contributed by atoms with Crippen molar-refractivity contribution in [3.63, 3.8) is 0 Å². The second-order valence-electron chi connectivity index (χ2n) is 4.71. The van der Waals surface area contributed by atoms with Crippen molar-refractivity contribution >= 4 is 0 Å². The van der Waals surface area contributed by atoms with Crippen LogP contribution >= 0.6 is 0 Å². The Hall–Kier alpha value is -0.900. The first-order valence-electron chi connectivity index (χ1n) is 6.47. The molecule has 0 spiro atoms. The zero-order valence-corrected chi connectivity index (χ0v) is 10.2. The third-order valence-corrected chi connectivity index (χ3v) is 3.21. The molecule has 0 aliphatic heterocycles. The van der Waals surface area contributed by atoms with Gasteiger partial charge in [0.2, 0.25) is 0 Å². The van der Waals surface area contributed by atoms with Gasteiger partial charge in [0.15, 0.2) is 5.82 Å². The Morgan fingerprint density at radius 3 is 3.00 bits per heavy atom. The van der Waals surface area contributed by atoms with Crippen LogP contribution in [0.1, 0.15) is 44.9 Å². The van der Waals surface area contributed by atoms with E-state index in [2.05, 4.69) is 22.3 Å². The standard InChI is InChI=1S/C12H22N4/c1-2-7-13-8-12-14-10-16(15-12)9-11-5-3-4-6-11/h10-11,13H,2-9H2,1H3. The normalized spacial score (nSPS) is 17.1. The molecule has 4 heteroatoms. The first-order chi connectivity index (χ1) is 7.88. The second-order valence-corrected chi connectivity index (χ2v) is 4.71. The summed E-state index contributed by atoms with van der Waals surface area (Å²) in [4.78, 5) is 4.32. The Labute approximate surface area is 97.5 Å². The fourth-order valence-electron chi connectivity index (χ4n) is 2.34. The Morgan fingerprint density at radius 2 is 2.25 bits per heavy atom. The fourth-order valence-corrected chi connectivity index (χ4v) is 2.34. The molecule has 90 valence electrons. The van der Waals surface area contributed by atoms with E-state index in [1.807, 2.05) is 11.0 Å². The molecule has 0 aromatic carbocycles. The van der Waals surface area contributed by atoms with Gasteiger partial charge in [-0.2, -0.15) is 5.10 Å². The molecule has 1 fully saturated rings. The largest absolute Gasteiger partial charge is 0.310 e. The van der Waals surface area contributed by atoms with Crippen LogP contribution in [-0.4, -0.2) is 21.3 Å². The van der Waals surface area contributed by atoms with Crippen LogP contribution in [0.15, 0.2) is 6.33 Å². The minimum Gasteiger partial charge on any atom is -0.310 e. The Bertz CT molecular complexity index is 302. The van der Waals surface area contributed by atoms with Crippen molar-refractivity contribution in [3.05, 3.63) is 12.2 Å². The molecule has 2 rings (SSSR count). The summed E-state index contributed by atoms with van der Waals surface area (Å²) in [5, 5.41) is 7.81. The molecule has 1 aromatic rings. The fraction of sp³-hybridized carbons (Fsp3) is 0.833. The molecular weight excluding hydrogens is 200 g/mol. The van der Waals surface area contributed by atoms with Gasteiger partial charge in [0.1, 0.15) is 6.33 Å². The van der Waals surface area contributed by atoms with Crippen LogP contribution in [0.2, 0.25) is 0 Å². The van der Waals surface area contributed by atoms with Crippen molar-refractivity contribution in [2.24, 2.45) is 5.92 Å².